The van der Waals surface area contributed by atoms with Crippen molar-refractivity contribution in [1.82, 2.24) is 4.90 Å². The summed E-state index contributed by atoms with van der Waals surface area (Å²) in [6.07, 6.45) is 2.23. The molecule has 1 aliphatic rings. The lowest BCUT2D eigenvalue weighted by atomic mass is 9.99. The van der Waals surface area contributed by atoms with Crippen molar-refractivity contribution in [3.63, 3.8) is 0 Å². The number of likely N-dealkylation sites (tertiary alicyclic amines) is 1. The van der Waals surface area contributed by atoms with Crippen molar-refractivity contribution in [2.75, 3.05) is 18.5 Å². The normalized spacial score (nSPS) is 16.2. The van der Waals surface area contributed by atoms with Gasteiger partial charge in [0.05, 0.1) is 19.1 Å². The van der Waals surface area contributed by atoms with E-state index in [9.17, 15) is 9.59 Å². The molecule has 2 aromatic carbocycles. The monoisotopic (exact) mass is 366 g/mol. The highest BCUT2D eigenvalue weighted by atomic mass is 16.5. The summed E-state index contributed by atoms with van der Waals surface area (Å²) in [5.74, 6) is -0.243. The smallest absolute Gasteiger partial charge is 0.322 e. The Bertz CT molecular complexity index is 801. The first kappa shape index (κ1) is 19.0. The van der Waals surface area contributed by atoms with Crippen molar-refractivity contribution in [3.05, 3.63) is 65.2 Å². The minimum atomic E-state index is -0.243. The maximum absolute atomic E-state index is 12.8. The van der Waals surface area contributed by atoms with E-state index in [1.807, 2.05) is 41.3 Å². The third-order valence-electron chi connectivity index (χ3n) is 4.92. The van der Waals surface area contributed by atoms with Crippen LogP contribution in [0.5, 0.6) is 0 Å². The van der Waals surface area contributed by atoms with Gasteiger partial charge in [0.2, 0.25) is 0 Å². The molecule has 3 rings (SSSR count). The van der Waals surface area contributed by atoms with E-state index in [-0.39, 0.29) is 24.5 Å². The zero-order valence-electron chi connectivity index (χ0n) is 15.9. The lowest BCUT2D eigenvalue weighted by Gasteiger charge is -2.26. The number of urea groups is 1. The number of nitrogens with zero attached hydrogens (tertiary/aromatic N) is 1. The Labute approximate surface area is 160 Å². The van der Waals surface area contributed by atoms with E-state index >= 15 is 0 Å². The van der Waals surface area contributed by atoms with Gasteiger partial charge in [-0.05, 0) is 55.5 Å². The number of esters is 1. The molecule has 2 amide bonds. The van der Waals surface area contributed by atoms with Gasteiger partial charge in [-0.25, -0.2) is 4.79 Å². The van der Waals surface area contributed by atoms with Crippen molar-refractivity contribution < 1.29 is 14.3 Å². The second-order valence-corrected chi connectivity index (χ2v) is 6.82. The lowest BCUT2D eigenvalue weighted by molar-refractivity contribution is -0.142. The van der Waals surface area contributed by atoms with Crippen LogP contribution in [0.4, 0.5) is 10.5 Å². The van der Waals surface area contributed by atoms with E-state index in [0.29, 0.717) is 6.61 Å². The summed E-state index contributed by atoms with van der Waals surface area (Å²) < 4.78 is 4.96. The fourth-order valence-electron chi connectivity index (χ4n) is 3.57. The van der Waals surface area contributed by atoms with Crippen molar-refractivity contribution in [2.24, 2.45) is 0 Å². The van der Waals surface area contributed by atoms with Gasteiger partial charge in [0.15, 0.2) is 0 Å². The Morgan fingerprint density at radius 1 is 1.15 bits per heavy atom. The zero-order chi connectivity index (χ0) is 19.2. The van der Waals surface area contributed by atoms with Gasteiger partial charge in [0.25, 0.3) is 0 Å². The molecular formula is C22H26N2O3. The van der Waals surface area contributed by atoms with Crippen LogP contribution in [0.25, 0.3) is 0 Å². The average molecular weight is 366 g/mol. The predicted octanol–water partition coefficient (Wildman–Crippen LogP) is 4.47. The average Bonchev–Trinajstić information content (AvgIpc) is 3.13. The molecule has 0 bridgehead atoms. The van der Waals surface area contributed by atoms with Gasteiger partial charge in [-0.2, -0.15) is 0 Å². The van der Waals surface area contributed by atoms with Crippen LogP contribution in [0.3, 0.4) is 0 Å². The Morgan fingerprint density at radius 2 is 1.89 bits per heavy atom. The molecule has 27 heavy (non-hydrogen) atoms. The molecule has 1 N–H and O–H groups in total. The fraction of sp³-hybridized carbons (Fsp3) is 0.364. The van der Waals surface area contributed by atoms with Crippen molar-refractivity contribution in [1.29, 1.82) is 0 Å². The third kappa shape index (κ3) is 4.67. The van der Waals surface area contributed by atoms with Crippen LogP contribution in [0.1, 0.15) is 42.5 Å². The molecular weight excluding hydrogens is 340 g/mol. The second-order valence-electron chi connectivity index (χ2n) is 6.82. The van der Waals surface area contributed by atoms with E-state index in [1.165, 1.54) is 11.1 Å². The molecule has 0 aromatic heterocycles. The van der Waals surface area contributed by atoms with E-state index in [0.717, 1.165) is 30.6 Å². The number of amides is 2. The molecule has 1 heterocycles. The van der Waals surface area contributed by atoms with Gasteiger partial charge >= 0.3 is 12.0 Å². The van der Waals surface area contributed by atoms with Gasteiger partial charge in [-0.1, -0.05) is 36.4 Å². The number of carbonyl (C=O) groups is 2. The SMILES string of the molecule is CCOC(=O)Cc1ccc(NC(=O)N2CCC[C@@H]2c2ccccc2C)cc1. The van der Waals surface area contributed by atoms with E-state index < -0.39 is 0 Å². The van der Waals surface area contributed by atoms with Crippen LogP contribution in [-0.2, 0) is 16.0 Å². The number of anilines is 1. The van der Waals surface area contributed by atoms with Gasteiger partial charge in [0, 0.05) is 12.2 Å². The number of nitrogens with one attached hydrogen (secondary N) is 1. The highest BCUT2D eigenvalue weighted by Gasteiger charge is 2.30. The molecule has 1 fully saturated rings. The molecule has 1 atom stereocenters. The predicted molar refractivity (Wildman–Crippen MR) is 106 cm³/mol. The maximum atomic E-state index is 12.8. The van der Waals surface area contributed by atoms with Crippen molar-refractivity contribution in [2.45, 2.75) is 39.2 Å². The molecule has 142 valence electrons. The molecule has 0 unspecified atom stereocenters. The highest BCUT2D eigenvalue weighted by molar-refractivity contribution is 5.90. The molecule has 0 saturated carbocycles. The summed E-state index contributed by atoms with van der Waals surface area (Å²) in [6, 6.07) is 15.6. The summed E-state index contributed by atoms with van der Waals surface area (Å²) in [6.45, 7) is 5.02. The largest absolute Gasteiger partial charge is 0.466 e. The van der Waals surface area contributed by atoms with Crippen LogP contribution in [0.15, 0.2) is 48.5 Å². The number of carbonyl (C=O) groups excluding carboxylic acids is 2. The summed E-state index contributed by atoms with van der Waals surface area (Å²) in [5.41, 5.74) is 4.02. The molecule has 2 aromatic rings. The number of ether oxygens (including phenoxy) is 1. The number of aryl methyl sites for hydroxylation is 1. The lowest BCUT2D eigenvalue weighted by Crippen LogP contribution is -2.34. The number of hydrogen-bond donors (Lipinski definition) is 1. The standard InChI is InChI=1S/C22H26N2O3/c1-3-27-21(25)15-17-10-12-18(13-11-17)23-22(26)24-14-6-9-20(24)19-8-5-4-7-16(19)2/h4-5,7-8,10-13,20H,3,6,9,14-15H2,1-2H3,(H,23,26)/t20-/m1/s1. The Morgan fingerprint density at radius 3 is 2.59 bits per heavy atom. The Hall–Kier alpha value is -2.82. The van der Waals surface area contributed by atoms with Crippen LogP contribution < -0.4 is 5.32 Å². The number of hydrogen-bond acceptors (Lipinski definition) is 3. The quantitative estimate of drug-likeness (QED) is 0.794. The number of benzene rings is 2. The highest BCUT2D eigenvalue weighted by Crippen LogP contribution is 2.34. The Kier molecular flexibility index (Phi) is 6.12. The van der Waals surface area contributed by atoms with Crippen LogP contribution >= 0.6 is 0 Å². The first-order chi connectivity index (χ1) is 13.1. The molecule has 1 saturated heterocycles. The zero-order valence-corrected chi connectivity index (χ0v) is 15.9. The molecule has 5 heteroatoms. The summed E-state index contributed by atoms with van der Waals surface area (Å²) in [5, 5.41) is 2.98. The first-order valence-corrected chi connectivity index (χ1v) is 9.46. The second kappa shape index (κ2) is 8.71. The summed E-state index contributed by atoms with van der Waals surface area (Å²) in [4.78, 5) is 26.3. The fourth-order valence-corrected chi connectivity index (χ4v) is 3.57. The van der Waals surface area contributed by atoms with Crippen LogP contribution in [0, 0.1) is 6.92 Å². The van der Waals surface area contributed by atoms with Crippen molar-refractivity contribution >= 4 is 17.7 Å². The summed E-state index contributed by atoms with van der Waals surface area (Å²) in [7, 11) is 0. The van der Waals surface area contributed by atoms with Gasteiger partial charge < -0.3 is 15.0 Å². The van der Waals surface area contributed by atoms with Gasteiger partial charge in [-0.15, -0.1) is 0 Å². The van der Waals surface area contributed by atoms with Gasteiger partial charge in [0.1, 0.15) is 0 Å². The first-order valence-electron chi connectivity index (χ1n) is 9.46. The van der Waals surface area contributed by atoms with Crippen LogP contribution in [0.2, 0.25) is 0 Å². The molecule has 1 aliphatic heterocycles. The maximum Gasteiger partial charge on any atom is 0.322 e. The Balaban J connectivity index is 1.64. The van der Waals surface area contributed by atoms with Crippen molar-refractivity contribution in [3.8, 4) is 0 Å². The third-order valence-corrected chi connectivity index (χ3v) is 4.92. The molecule has 5 nitrogen and oxygen atoms in total. The minimum Gasteiger partial charge on any atom is -0.466 e. The van der Waals surface area contributed by atoms with E-state index in [2.05, 4.69) is 24.4 Å². The van der Waals surface area contributed by atoms with Gasteiger partial charge in [-0.3, -0.25) is 4.79 Å². The molecule has 0 radical (unpaired) electrons. The minimum absolute atomic E-state index is 0.0844. The number of rotatable bonds is 5. The summed E-state index contributed by atoms with van der Waals surface area (Å²) >= 11 is 0. The molecule has 0 aliphatic carbocycles. The topological polar surface area (TPSA) is 58.6 Å². The van der Waals surface area contributed by atoms with E-state index in [4.69, 9.17) is 4.74 Å². The van der Waals surface area contributed by atoms with Crippen LogP contribution in [-0.4, -0.2) is 30.1 Å². The molecule has 0 spiro atoms. The van der Waals surface area contributed by atoms with E-state index in [1.54, 1.807) is 6.92 Å².